The first-order valence-electron chi connectivity index (χ1n) is 10.8. The van der Waals surface area contributed by atoms with Crippen LogP contribution in [0.15, 0.2) is 63.4 Å². The van der Waals surface area contributed by atoms with Crippen LogP contribution in [-0.4, -0.2) is 29.6 Å². The van der Waals surface area contributed by atoms with Crippen molar-refractivity contribution < 1.29 is 9.47 Å². The summed E-state index contributed by atoms with van der Waals surface area (Å²) in [7, 11) is 1.59. The summed E-state index contributed by atoms with van der Waals surface area (Å²) in [5.41, 5.74) is 1.33. The van der Waals surface area contributed by atoms with Crippen molar-refractivity contribution in [1.29, 1.82) is 0 Å². The number of ether oxygens (including phenoxy) is 2. The zero-order valence-corrected chi connectivity index (χ0v) is 19.7. The average molecular weight is 496 g/mol. The molecule has 1 saturated carbocycles. The van der Waals surface area contributed by atoms with Gasteiger partial charge in [0.2, 0.25) is 0 Å². The second kappa shape index (κ2) is 10.1. The fourth-order valence-corrected chi connectivity index (χ4v) is 4.49. The van der Waals surface area contributed by atoms with Crippen LogP contribution in [-0.2, 0) is 0 Å². The van der Waals surface area contributed by atoms with Crippen molar-refractivity contribution in [2.24, 2.45) is 5.10 Å². The van der Waals surface area contributed by atoms with Gasteiger partial charge in [0.05, 0.1) is 24.2 Å². The van der Waals surface area contributed by atoms with E-state index in [0.717, 1.165) is 47.1 Å². The van der Waals surface area contributed by atoms with Gasteiger partial charge in [-0.2, -0.15) is 9.78 Å². The van der Waals surface area contributed by atoms with E-state index in [-0.39, 0.29) is 11.5 Å². The van der Waals surface area contributed by atoms with E-state index in [4.69, 9.17) is 14.5 Å². The summed E-state index contributed by atoms with van der Waals surface area (Å²) in [5.74, 6) is 2.14. The highest BCUT2D eigenvalue weighted by Gasteiger charge is 2.22. The van der Waals surface area contributed by atoms with E-state index < -0.39 is 0 Å². The molecule has 0 N–H and O–H groups in total. The van der Waals surface area contributed by atoms with Crippen molar-refractivity contribution in [3.8, 4) is 11.5 Å². The molecule has 0 unspecified atom stereocenters. The molecule has 0 aliphatic heterocycles. The van der Waals surface area contributed by atoms with Gasteiger partial charge in [-0.25, -0.2) is 4.98 Å². The first kappa shape index (κ1) is 22.3. The lowest BCUT2D eigenvalue weighted by Gasteiger charge is -2.22. The van der Waals surface area contributed by atoms with Crippen LogP contribution in [0.3, 0.4) is 0 Å². The predicted octanol–water partition coefficient (Wildman–Crippen LogP) is 5.66. The number of fused-ring (bicyclic) bond motifs is 1. The number of rotatable bonds is 7. The molecule has 2 aromatic carbocycles. The molecule has 166 valence electrons. The van der Waals surface area contributed by atoms with E-state index in [1.165, 1.54) is 11.1 Å². The van der Waals surface area contributed by atoms with Crippen molar-refractivity contribution in [2.75, 3.05) is 13.7 Å². The summed E-state index contributed by atoms with van der Waals surface area (Å²) in [6.07, 6.45) is 8.89. The maximum absolute atomic E-state index is 13.3. The van der Waals surface area contributed by atoms with E-state index in [0.29, 0.717) is 23.5 Å². The third-order valence-corrected chi connectivity index (χ3v) is 6.39. The van der Waals surface area contributed by atoms with Crippen LogP contribution in [0.1, 0.15) is 49.4 Å². The Bertz CT molecular complexity index is 1210. The first-order valence-corrected chi connectivity index (χ1v) is 11.6. The second-order valence-electron chi connectivity index (χ2n) is 7.81. The molecule has 7 heteroatoms. The van der Waals surface area contributed by atoms with Crippen LogP contribution in [0.5, 0.6) is 11.5 Å². The molecule has 0 saturated heterocycles. The number of nitrogens with zero attached hydrogens (tertiary/aromatic N) is 3. The van der Waals surface area contributed by atoms with Gasteiger partial charge in [0, 0.05) is 16.0 Å². The molecule has 4 rings (SSSR count). The Morgan fingerprint density at radius 1 is 1.22 bits per heavy atom. The van der Waals surface area contributed by atoms with Crippen molar-refractivity contribution in [2.45, 2.75) is 38.0 Å². The highest BCUT2D eigenvalue weighted by atomic mass is 79.9. The van der Waals surface area contributed by atoms with Gasteiger partial charge >= 0.3 is 0 Å². The van der Waals surface area contributed by atoms with Gasteiger partial charge in [-0.3, -0.25) is 4.79 Å². The fraction of sp³-hybridized carbons (Fsp3) is 0.320. The number of hydrogen-bond donors (Lipinski definition) is 0. The van der Waals surface area contributed by atoms with Crippen LogP contribution in [0.4, 0.5) is 0 Å². The quantitative estimate of drug-likeness (QED) is 0.313. The molecule has 3 aromatic rings. The Labute approximate surface area is 195 Å². The summed E-state index contributed by atoms with van der Waals surface area (Å²) in [5, 5.41) is 5.17. The fourth-order valence-electron chi connectivity index (χ4n) is 4.07. The SMILES string of the molecule is C=CCOc1cc(Br)c(C=Nn2c(C3CCCCC3)nc3ccccc3c2=O)cc1OC. The molecule has 1 aliphatic carbocycles. The number of halogens is 1. The minimum atomic E-state index is -0.151. The Balaban J connectivity index is 1.79. The lowest BCUT2D eigenvalue weighted by atomic mass is 9.88. The molecule has 1 heterocycles. The van der Waals surface area contributed by atoms with Gasteiger partial charge in [0.1, 0.15) is 12.4 Å². The summed E-state index contributed by atoms with van der Waals surface area (Å²) >= 11 is 3.57. The molecule has 6 nitrogen and oxygen atoms in total. The van der Waals surface area contributed by atoms with Gasteiger partial charge in [-0.15, -0.1) is 0 Å². The van der Waals surface area contributed by atoms with Crippen LogP contribution < -0.4 is 15.0 Å². The van der Waals surface area contributed by atoms with Crippen molar-refractivity contribution in [3.05, 3.63) is 75.3 Å². The molecule has 32 heavy (non-hydrogen) atoms. The summed E-state index contributed by atoms with van der Waals surface area (Å²) < 4.78 is 13.4. The minimum Gasteiger partial charge on any atom is -0.493 e. The molecular formula is C25H26BrN3O3. The molecule has 0 spiro atoms. The molecule has 0 amide bonds. The first-order chi connectivity index (χ1) is 15.6. The van der Waals surface area contributed by atoms with E-state index in [1.54, 1.807) is 25.5 Å². The van der Waals surface area contributed by atoms with E-state index in [1.807, 2.05) is 30.3 Å². The van der Waals surface area contributed by atoms with E-state index >= 15 is 0 Å². The Kier molecular flexibility index (Phi) is 7.05. The topological polar surface area (TPSA) is 65.7 Å². The van der Waals surface area contributed by atoms with Crippen molar-refractivity contribution in [1.82, 2.24) is 9.66 Å². The largest absolute Gasteiger partial charge is 0.493 e. The summed E-state index contributed by atoms with van der Waals surface area (Å²) in [6, 6.07) is 11.1. The monoisotopic (exact) mass is 495 g/mol. The van der Waals surface area contributed by atoms with Gasteiger partial charge in [-0.1, -0.05) is 44.1 Å². The minimum absolute atomic E-state index is 0.151. The van der Waals surface area contributed by atoms with Crippen molar-refractivity contribution >= 4 is 33.0 Å². The Morgan fingerprint density at radius 3 is 2.75 bits per heavy atom. The summed E-state index contributed by atoms with van der Waals surface area (Å²) in [4.78, 5) is 18.2. The lowest BCUT2D eigenvalue weighted by Crippen LogP contribution is -2.25. The molecule has 0 radical (unpaired) electrons. The molecule has 0 atom stereocenters. The lowest BCUT2D eigenvalue weighted by molar-refractivity contribution is 0.326. The van der Waals surface area contributed by atoms with Crippen LogP contribution >= 0.6 is 15.9 Å². The van der Waals surface area contributed by atoms with E-state index in [9.17, 15) is 4.79 Å². The standard InChI is InChI=1S/C25H26BrN3O3/c1-3-13-32-23-15-20(26)18(14-22(23)31-2)16-27-29-24(17-9-5-4-6-10-17)28-21-12-8-7-11-19(21)25(29)30/h3,7-8,11-12,14-17H,1,4-6,9-10,13H2,2H3. The Hall–Kier alpha value is -2.93. The van der Waals surface area contributed by atoms with Gasteiger partial charge in [0.25, 0.3) is 5.56 Å². The molecule has 1 aromatic heterocycles. The average Bonchev–Trinajstić information content (AvgIpc) is 2.83. The third kappa shape index (κ3) is 4.63. The highest BCUT2D eigenvalue weighted by molar-refractivity contribution is 9.10. The molecule has 1 aliphatic rings. The second-order valence-corrected chi connectivity index (χ2v) is 8.66. The predicted molar refractivity (Wildman–Crippen MR) is 131 cm³/mol. The van der Waals surface area contributed by atoms with Crippen LogP contribution in [0, 0.1) is 0 Å². The maximum Gasteiger partial charge on any atom is 0.282 e. The van der Waals surface area contributed by atoms with Gasteiger partial charge < -0.3 is 9.47 Å². The van der Waals surface area contributed by atoms with Crippen molar-refractivity contribution in [3.63, 3.8) is 0 Å². The number of para-hydroxylation sites is 1. The number of methoxy groups -OCH3 is 1. The summed E-state index contributed by atoms with van der Waals surface area (Å²) in [6.45, 7) is 4.05. The van der Waals surface area contributed by atoms with Gasteiger partial charge in [-0.05, 0) is 53.0 Å². The zero-order valence-electron chi connectivity index (χ0n) is 18.1. The molecule has 1 fully saturated rings. The van der Waals surface area contributed by atoms with Crippen LogP contribution in [0.2, 0.25) is 0 Å². The number of benzene rings is 2. The third-order valence-electron chi connectivity index (χ3n) is 5.70. The molecule has 0 bridgehead atoms. The van der Waals surface area contributed by atoms with Gasteiger partial charge in [0.15, 0.2) is 11.5 Å². The highest BCUT2D eigenvalue weighted by Crippen LogP contribution is 2.34. The zero-order chi connectivity index (χ0) is 22.5. The molecular weight excluding hydrogens is 470 g/mol. The maximum atomic E-state index is 13.3. The number of aromatic nitrogens is 2. The Morgan fingerprint density at radius 2 is 2.00 bits per heavy atom. The van der Waals surface area contributed by atoms with E-state index in [2.05, 4.69) is 27.6 Å². The number of hydrogen-bond acceptors (Lipinski definition) is 5. The smallest absolute Gasteiger partial charge is 0.282 e. The normalized spacial score (nSPS) is 14.7. The van der Waals surface area contributed by atoms with Crippen LogP contribution in [0.25, 0.3) is 10.9 Å².